The van der Waals surface area contributed by atoms with Crippen LogP contribution in [0.1, 0.15) is 44.1 Å². The van der Waals surface area contributed by atoms with Crippen molar-refractivity contribution in [1.82, 2.24) is 9.97 Å². The van der Waals surface area contributed by atoms with Gasteiger partial charge in [0.2, 0.25) is 0 Å². The Kier molecular flexibility index (Phi) is 4.06. The van der Waals surface area contributed by atoms with Gasteiger partial charge in [0, 0.05) is 11.3 Å². The highest BCUT2D eigenvalue weighted by molar-refractivity contribution is 5.77. The van der Waals surface area contributed by atoms with E-state index in [1.807, 2.05) is 20.8 Å². The predicted octanol–water partition coefficient (Wildman–Crippen LogP) is 2.55. The van der Waals surface area contributed by atoms with Gasteiger partial charge in [-0.3, -0.25) is 0 Å². The minimum absolute atomic E-state index is 0.0704. The number of guanidine groups is 1. The summed E-state index contributed by atoms with van der Waals surface area (Å²) in [5.41, 5.74) is 9.98. The highest BCUT2D eigenvalue weighted by Crippen LogP contribution is 2.41. The van der Waals surface area contributed by atoms with Crippen LogP contribution in [0, 0.1) is 11.3 Å². The minimum atomic E-state index is -4.56. The number of hydrogen-bond acceptors (Lipinski definition) is 3. The SMILES string of the molecule is CC(C)(C)C1CCc2nc(N=C(N)N)nc(C(F)(F)F)c2C1. The second kappa shape index (κ2) is 5.40. The van der Waals surface area contributed by atoms with Crippen LogP contribution >= 0.6 is 0 Å². The summed E-state index contributed by atoms with van der Waals surface area (Å²) in [5, 5.41) is 0. The summed E-state index contributed by atoms with van der Waals surface area (Å²) in [4.78, 5) is 11.2. The van der Waals surface area contributed by atoms with Crippen molar-refractivity contribution in [2.24, 2.45) is 27.8 Å². The van der Waals surface area contributed by atoms with Crippen LogP contribution in [0.2, 0.25) is 0 Å². The van der Waals surface area contributed by atoms with E-state index in [0.29, 0.717) is 18.5 Å². The Morgan fingerprint density at radius 1 is 1.18 bits per heavy atom. The summed E-state index contributed by atoms with van der Waals surface area (Å²) >= 11 is 0. The zero-order chi connectivity index (χ0) is 16.7. The Labute approximate surface area is 127 Å². The van der Waals surface area contributed by atoms with Gasteiger partial charge in [-0.05, 0) is 30.6 Å². The average molecular weight is 315 g/mol. The lowest BCUT2D eigenvalue weighted by Crippen LogP contribution is -2.30. The van der Waals surface area contributed by atoms with Gasteiger partial charge < -0.3 is 11.5 Å². The van der Waals surface area contributed by atoms with E-state index >= 15 is 0 Å². The number of aliphatic imine (C=N–C) groups is 1. The topological polar surface area (TPSA) is 90.2 Å². The van der Waals surface area contributed by atoms with Crippen molar-refractivity contribution < 1.29 is 13.2 Å². The van der Waals surface area contributed by atoms with Gasteiger partial charge in [-0.1, -0.05) is 20.8 Å². The average Bonchev–Trinajstić information content (AvgIpc) is 2.34. The molecule has 1 unspecified atom stereocenters. The molecular formula is C14H20F3N5. The molecule has 0 spiro atoms. The molecule has 1 aliphatic carbocycles. The summed E-state index contributed by atoms with van der Waals surface area (Å²) in [5.74, 6) is -0.546. The second-order valence-corrected chi connectivity index (χ2v) is 6.64. The van der Waals surface area contributed by atoms with E-state index < -0.39 is 11.9 Å². The summed E-state index contributed by atoms with van der Waals surface area (Å²) in [7, 11) is 0. The maximum Gasteiger partial charge on any atom is 0.433 e. The molecule has 0 bridgehead atoms. The third-order valence-corrected chi connectivity index (χ3v) is 3.98. The first-order valence-electron chi connectivity index (χ1n) is 7.05. The van der Waals surface area contributed by atoms with E-state index in [-0.39, 0.29) is 28.8 Å². The number of hydrogen-bond donors (Lipinski definition) is 2. The monoisotopic (exact) mass is 315 g/mol. The molecule has 22 heavy (non-hydrogen) atoms. The molecular weight excluding hydrogens is 295 g/mol. The number of aromatic nitrogens is 2. The summed E-state index contributed by atoms with van der Waals surface area (Å²) in [6.07, 6.45) is -2.99. The van der Waals surface area contributed by atoms with Gasteiger partial charge in [-0.25, -0.2) is 9.97 Å². The molecule has 0 radical (unpaired) electrons. The third kappa shape index (κ3) is 3.48. The fourth-order valence-electron chi connectivity index (χ4n) is 2.74. The van der Waals surface area contributed by atoms with Crippen LogP contribution in [0.4, 0.5) is 19.1 Å². The molecule has 0 fully saturated rings. The Morgan fingerprint density at radius 3 is 2.32 bits per heavy atom. The van der Waals surface area contributed by atoms with Crippen molar-refractivity contribution in [3.05, 3.63) is 17.0 Å². The zero-order valence-corrected chi connectivity index (χ0v) is 12.8. The molecule has 1 aliphatic rings. The lowest BCUT2D eigenvalue weighted by Gasteiger charge is -2.35. The van der Waals surface area contributed by atoms with Crippen molar-refractivity contribution in [1.29, 1.82) is 0 Å². The molecule has 1 aromatic heterocycles. The molecule has 2 rings (SSSR count). The highest BCUT2D eigenvalue weighted by atomic mass is 19.4. The predicted molar refractivity (Wildman–Crippen MR) is 77.5 cm³/mol. The first-order chi connectivity index (χ1) is 9.98. The van der Waals surface area contributed by atoms with Crippen molar-refractivity contribution in [3.63, 3.8) is 0 Å². The maximum absolute atomic E-state index is 13.3. The molecule has 0 saturated heterocycles. The molecule has 8 heteroatoms. The van der Waals surface area contributed by atoms with Crippen LogP contribution in [-0.4, -0.2) is 15.9 Å². The maximum atomic E-state index is 13.3. The van der Waals surface area contributed by atoms with Crippen LogP contribution < -0.4 is 11.5 Å². The molecule has 0 saturated carbocycles. The molecule has 0 aromatic carbocycles. The zero-order valence-electron chi connectivity index (χ0n) is 12.8. The molecule has 1 heterocycles. The molecule has 5 nitrogen and oxygen atoms in total. The van der Waals surface area contributed by atoms with Gasteiger partial charge in [-0.15, -0.1) is 0 Å². The lowest BCUT2D eigenvalue weighted by molar-refractivity contribution is -0.142. The Balaban J connectivity index is 2.54. The van der Waals surface area contributed by atoms with E-state index in [2.05, 4.69) is 15.0 Å². The van der Waals surface area contributed by atoms with Gasteiger partial charge in [0.05, 0.1) is 0 Å². The first-order valence-corrected chi connectivity index (χ1v) is 7.05. The molecule has 0 amide bonds. The van der Waals surface area contributed by atoms with Crippen molar-refractivity contribution in [2.45, 2.75) is 46.2 Å². The summed E-state index contributed by atoms with van der Waals surface area (Å²) < 4.78 is 39.9. The Morgan fingerprint density at radius 2 is 1.82 bits per heavy atom. The Hall–Kier alpha value is -1.86. The van der Waals surface area contributed by atoms with Gasteiger partial charge in [0.1, 0.15) is 0 Å². The second-order valence-electron chi connectivity index (χ2n) is 6.64. The highest BCUT2D eigenvalue weighted by Gasteiger charge is 2.40. The van der Waals surface area contributed by atoms with E-state index in [0.717, 1.165) is 6.42 Å². The number of nitrogens with two attached hydrogens (primary N) is 2. The van der Waals surface area contributed by atoms with E-state index in [4.69, 9.17) is 11.5 Å². The quantitative estimate of drug-likeness (QED) is 0.615. The normalized spacial score (nSPS) is 18.7. The number of aryl methyl sites for hydroxylation is 1. The van der Waals surface area contributed by atoms with Gasteiger partial charge in [0.15, 0.2) is 11.7 Å². The van der Waals surface area contributed by atoms with Crippen molar-refractivity contribution in [3.8, 4) is 0 Å². The van der Waals surface area contributed by atoms with Crippen molar-refractivity contribution >= 4 is 11.9 Å². The lowest BCUT2D eigenvalue weighted by atomic mass is 9.71. The minimum Gasteiger partial charge on any atom is -0.370 e. The van der Waals surface area contributed by atoms with E-state index in [9.17, 15) is 13.2 Å². The molecule has 122 valence electrons. The molecule has 1 aromatic rings. The molecule has 1 atom stereocenters. The van der Waals surface area contributed by atoms with Crippen LogP contribution in [-0.2, 0) is 19.0 Å². The van der Waals surface area contributed by atoms with Gasteiger partial charge >= 0.3 is 6.18 Å². The number of fused-ring (bicyclic) bond motifs is 1. The fraction of sp³-hybridized carbons (Fsp3) is 0.643. The number of rotatable bonds is 1. The largest absolute Gasteiger partial charge is 0.433 e. The van der Waals surface area contributed by atoms with Crippen LogP contribution in [0.5, 0.6) is 0 Å². The Bertz CT molecular complexity index is 598. The van der Waals surface area contributed by atoms with E-state index in [1.54, 1.807) is 0 Å². The van der Waals surface area contributed by atoms with Gasteiger partial charge in [-0.2, -0.15) is 18.2 Å². The third-order valence-electron chi connectivity index (χ3n) is 3.98. The van der Waals surface area contributed by atoms with Crippen LogP contribution in [0.25, 0.3) is 0 Å². The standard InChI is InChI=1S/C14H20F3N5/c1-13(2,3)7-4-5-9-8(6-7)10(14(15,16)17)21-12(20-9)22-11(18)19/h7H,4-6H2,1-3H3,(H4,18,19,20,21,22). The number of halogens is 3. The molecule has 0 aliphatic heterocycles. The van der Waals surface area contributed by atoms with Gasteiger partial charge in [0.25, 0.3) is 5.95 Å². The number of nitrogens with zero attached hydrogens (tertiary/aromatic N) is 3. The fourth-order valence-corrected chi connectivity index (χ4v) is 2.74. The van der Waals surface area contributed by atoms with Crippen molar-refractivity contribution in [2.75, 3.05) is 0 Å². The summed E-state index contributed by atoms with van der Waals surface area (Å²) in [6.45, 7) is 6.10. The smallest absolute Gasteiger partial charge is 0.370 e. The summed E-state index contributed by atoms with van der Waals surface area (Å²) in [6, 6.07) is 0. The van der Waals surface area contributed by atoms with Crippen LogP contribution in [0.3, 0.4) is 0 Å². The van der Waals surface area contributed by atoms with E-state index in [1.165, 1.54) is 0 Å². The first kappa shape index (κ1) is 16.5. The number of alkyl halides is 3. The van der Waals surface area contributed by atoms with Crippen LogP contribution in [0.15, 0.2) is 4.99 Å². The molecule has 4 N–H and O–H groups in total.